The summed E-state index contributed by atoms with van der Waals surface area (Å²) in [6.07, 6.45) is 5.78. The van der Waals surface area contributed by atoms with Crippen molar-refractivity contribution in [1.29, 1.82) is 0 Å². The molecule has 0 bridgehead atoms. The maximum atomic E-state index is 5.69. The summed E-state index contributed by atoms with van der Waals surface area (Å²) in [4.78, 5) is 0. The molecule has 21 heavy (non-hydrogen) atoms. The van der Waals surface area contributed by atoms with Crippen LogP contribution in [0.4, 0.5) is 0 Å². The van der Waals surface area contributed by atoms with Crippen LogP contribution in [-0.2, 0) is 19.5 Å². The molecular weight excluding hydrogens is 256 g/mol. The summed E-state index contributed by atoms with van der Waals surface area (Å²) < 4.78 is 2.35. The third-order valence-corrected chi connectivity index (χ3v) is 4.03. The third kappa shape index (κ3) is 3.34. The third-order valence-electron chi connectivity index (χ3n) is 4.03. The smallest absolute Gasteiger partial charge is 0.0480 e. The van der Waals surface area contributed by atoms with Crippen LogP contribution in [0.2, 0.25) is 0 Å². The summed E-state index contributed by atoms with van der Waals surface area (Å²) >= 11 is 0. The summed E-state index contributed by atoms with van der Waals surface area (Å²) in [7, 11) is 0. The van der Waals surface area contributed by atoms with Crippen molar-refractivity contribution >= 4 is 10.9 Å². The molecule has 0 amide bonds. The van der Waals surface area contributed by atoms with E-state index in [-0.39, 0.29) is 0 Å². The highest BCUT2D eigenvalue weighted by atomic mass is 14.9. The molecule has 3 rings (SSSR count). The molecule has 0 atom stereocenters. The van der Waals surface area contributed by atoms with Crippen LogP contribution in [0.5, 0.6) is 0 Å². The highest BCUT2D eigenvalue weighted by Crippen LogP contribution is 2.18. The van der Waals surface area contributed by atoms with Gasteiger partial charge in [-0.05, 0) is 54.0 Å². The van der Waals surface area contributed by atoms with E-state index >= 15 is 0 Å². The van der Waals surface area contributed by atoms with Crippen molar-refractivity contribution in [2.75, 3.05) is 0 Å². The fourth-order valence-corrected chi connectivity index (χ4v) is 2.83. The van der Waals surface area contributed by atoms with E-state index in [1.54, 1.807) is 0 Å². The van der Waals surface area contributed by atoms with Gasteiger partial charge in [-0.1, -0.05) is 36.4 Å². The number of hydrogen-bond donors (Lipinski definition) is 1. The van der Waals surface area contributed by atoms with E-state index in [9.17, 15) is 0 Å². The molecule has 0 aliphatic carbocycles. The Kier molecular flexibility index (Phi) is 4.37. The SMILES string of the molecule is NCc1ccc2c(ccn2CCCCc2ccccc2)c1. The maximum Gasteiger partial charge on any atom is 0.0480 e. The van der Waals surface area contributed by atoms with E-state index in [1.165, 1.54) is 34.9 Å². The van der Waals surface area contributed by atoms with Crippen molar-refractivity contribution in [3.05, 3.63) is 71.9 Å². The fraction of sp³-hybridized carbons (Fsp3) is 0.263. The first-order chi connectivity index (χ1) is 10.4. The van der Waals surface area contributed by atoms with Gasteiger partial charge in [0.05, 0.1) is 0 Å². The minimum Gasteiger partial charge on any atom is -0.347 e. The van der Waals surface area contributed by atoms with Gasteiger partial charge >= 0.3 is 0 Å². The Morgan fingerprint density at radius 3 is 2.52 bits per heavy atom. The molecule has 0 saturated heterocycles. The van der Waals surface area contributed by atoms with Crippen LogP contribution in [0.15, 0.2) is 60.8 Å². The first-order valence-electron chi connectivity index (χ1n) is 7.68. The Bertz CT molecular complexity index is 698. The Morgan fingerprint density at radius 2 is 1.71 bits per heavy atom. The van der Waals surface area contributed by atoms with Gasteiger partial charge in [0, 0.05) is 24.8 Å². The van der Waals surface area contributed by atoms with Crippen LogP contribution < -0.4 is 5.73 Å². The van der Waals surface area contributed by atoms with Gasteiger partial charge in [0.25, 0.3) is 0 Å². The van der Waals surface area contributed by atoms with Gasteiger partial charge in [0.2, 0.25) is 0 Å². The Hall–Kier alpha value is -2.06. The summed E-state index contributed by atoms with van der Waals surface area (Å²) in [5.41, 5.74) is 9.64. The molecular formula is C19H22N2. The van der Waals surface area contributed by atoms with Crippen molar-refractivity contribution in [2.45, 2.75) is 32.4 Å². The van der Waals surface area contributed by atoms with Gasteiger partial charge in [-0.25, -0.2) is 0 Å². The molecule has 0 radical (unpaired) electrons. The van der Waals surface area contributed by atoms with Crippen LogP contribution in [-0.4, -0.2) is 4.57 Å². The number of aromatic nitrogens is 1. The molecule has 2 heteroatoms. The van der Waals surface area contributed by atoms with E-state index < -0.39 is 0 Å². The molecule has 108 valence electrons. The summed E-state index contributed by atoms with van der Waals surface area (Å²) in [5.74, 6) is 0. The highest BCUT2D eigenvalue weighted by molar-refractivity contribution is 5.80. The molecule has 2 aromatic carbocycles. The number of nitrogens with two attached hydrogens (primary N) is 1. The van der Waals surface area contributed by atoms with Gasteiger partial charge in [0.15, 0.2) is 0 Å². The summed E-state index contributed by atoms with van der Waals surface area (Å²) in [5, 5.41) is 1.29. The van der Waals surface area contributed by atoms with Crippen molar-refractivity contribution in [3.8, 4) is 0 Å². The second-order valence-corrected chi connectivity index (χ2v) is 5.55. The summed E-state index contributed by atoms with van der Waals surface area (Å²) in [6.45, 7) is 1.69. The van der Waals surface area contributed by atoms with Gasteiger partial charge in [-0.3, -0.25) is 0 Å². The van der Waals surface area contributed by atoms with Gasteiger partial charge in [-0.15, -0.1) is 0 Å². The zero-order valence-electron chi connectivity index (χ0n) is 12.3. The van der Waals surface area contributed by atoms with E-state index in [1.807, 2.05) is 0 Å². The molecule has 0 aliphatic heterocycles. The van der Waals surface area contributed by atoms with E-state index in [4.69, 9.17) is 5.73 Å². The van der Waals surface area contributed by atoms with E-state index in [2.05, 4.69) is 65.4 Å². The molecule has 2 N–H and O–H groups in total. The molecule has 0 spiro atoms. The lowest BCUT2D eigenvalue weighted by Gasteiger charge is -2.06. The Labute approximate surface area is 126 Å². The van der Waals surface area contributed by atoms with Gasteiger partial charge < -0.3 is 10.3 Å². The predicted octanol–water partition coefficient (Wildman–Crippen LogP) is 4.12. The lowest BCUT2D eigenvalue weighted by Crippen LogP contribution is -1.98. The molecule has 0 aliphatic rings. The zero-order chi connectivity index (χ0) is 14.5. The fourth-order valence-electron chi connectivity index (χ4n) is 2.83. The average molecular weight is 278 g/mol. The molecule has 2 nitrogen and oxygen atoms in total. The number of rotatable bonds is 6. The molecule has 1 aromatic heterocycles. The van der Waals surface area contributed by atoms with Crippen LogP contribution >= 0.6 is 0 Å². The second-order valence-electron chi connectivity index (χ2n) is 5.55. The number of hydrogen-bond acceptors (Lipinski definition) is 1. The van der Waals surface area contributed by atoms with Crippen LogP contribution in [0, 0.1) is 0 Å². The van der Waals surface area contributed by atoms with E-state index in [0.29, 0.717) is 6.54 Å². The molecule has 0 fully saturated rings. The Balaban J connectivity index is 1.58. The standard InChI is InChI=1S/C19H22N2/c20-15-17-9-10-19-18(14-17)11-13-21(19)12-5-4-8-16-6-2-1-3-7-16/h1-3,6-7,9-11,13-14H,4-5,8,12,15,20H2. The average Bonchev–Trinajstić information content (AvgIpc) is 2.95. The van der Waals surface area contributed by atoms with Crippen LogP contribution in [0.3, 0.4) is 0 Å². The van der Waals surface area contributed by atoms with Crippen molar-refractivity contribution in [2.24, 2.45) is 5.73 Å². The monoisotopic (exact) mass is 278 g/mol. The maximum absolute atomic E-state index is 5.69. The van der Waals surface area contributed by atoms with Gasteiger partial charge in [0.1, 0.15) is 0 Å². The quantitative estimate of drug-likeness (QED) is 0.675. The zero-order valence-corrected chi connectivity index (χ0v) is 12.3. The van der Waals surface area contributed by atoms with E-state index in [0.717, 1.165) is 13.0 Å². The lowest BCUT2D eigenvalue weighted by atomic mass is 10.1. The lowest BCUT2D eigenvalue weighted by molar-refractivity contribution is 0.624. The number of aryl methyl sites for hydroxylation is 2. The minimum absolute atomic E-state index is 0.609. The van der Waals surface area contributed by atoms with Crippen molar-refractivity contribution in [1.82, 2.24) is 4.57 Å². The number of unbranched alkanes of at least 4 members (excludes halogenated alkanes) is 1. The minimum atomic E-state index is 0.609. The first kappa shape index (κ1) is 13.9. The van der Waals surface area contributed by atoms with Crippen LogP contribution in [0.1, 0.15) is 24.0 Å². The van der Waals surface area contributed by atoms with Crippen LogP contribution in [0.25, 0.3) is 10.9 Å². The Morgan fingerprint density at radius 1 is 0.857 bits per heavy atom. The topological polar surface area (TPSA) is 30.9 Å². The predicted molar refractivity (Wildman–Crippen MR) is 89.2 cm³/mol. The van der Waals surface area contributed by atoms with Crippen molar-refractivity contribution in [3.63, 3.8) is 0 Å². The summed E-state index contributed by atoms with van der Waals surface area (Å²) in [6, 6.07) is 19.4. The molecule has 0 unspecified atom stereocenters. The molecule has 3 aromatic rings. The number of benzene rings is 2. The second kappa shape index (κ2) is 6.59. The van der Waals surface area contributed by atoms with Gasteiger partial charge in [-0.2, -0.15) is 0 Å². The highest BCUT2D eigenvalue weighted by Gasteiger charge is 2.02. The number of nitrogens with zero attached hydrogens (tertiary/aromatic N) is 1. The first-order valence-corrected chi connectivity index (χ1v) is 7.68. The normalized spacial score (nSPS) is 11.1. The molecule has 0 saturated carbocycles. The molecule has 1 heterocycles. The largest absolute Gasteiger partial charge is 0.347 e. The number of fused-ring (bicyclic) bond motifs is 1. The van der Waals surface area contributed by atoms with Crippen molar-refractivity contribution < 1.29 is 0 Å².